The molecule has 1 aromatic carbocycles. The minimum atomic E-state index is -0.180. The van der Waals surface area contributed by atoms with Crippen LogP contribution in [0.3, 0.4) is 0 Å². The summed E-state index contributed by atoms with van der Waals surface area (Å²) in [5.74, 6) is 1.03. The van der Waals surface area contributed by atoms with Crippen molar-refractivity contribution in [1.29, 1.82) is 0 Å². The van der Waals surface area contributed by atoms with Crippen LogP contribution in [0.2, 0.25) is 0 Å². The van der Waals surface area contributed by atoms with Gasteiger partial charge in [-0.1, -0.05) is 18.7 Å². The Morgan fingerprint density at radius 3 is 3.00 bits per heavy atom. The van der Waals surface area contributed by atoms with Crippen molar-refractivity contribution in [3.05, 3.63) is 42.0 Å². The van der Waals surface area contributed by atoms with Crippen LogP contribution in [0.15, 0.2) is 30.9 Å². The normalized spacial score (nSPS) is 25.0. The van der Waals surface area contributed by atoms with Gasteiger partial charge in [-0.2, -0.15) is 0 Å². The van der Waals surface area contributed by atoms with Crippen molar-refractivity contribution in [3.63, 3.8) is 0 Å². The van der Waals surface area contributed by atoms with Gasteiger partial charge in [-0.25, -0.2) is 0 Å². The van der Waals surface area contributed by atoms with Gasteiger partial charge in [-0.15, -0.1) is 0 Å². The number of rotatable bonds is 1. The number of fused-ring (bicyclic) bond motifs is 1. The molecule has 0 spiro atoms. The molecule has 0 aromatic heterocycles. The number of aryl methyl sites for hydroxylation is 2. The lowest BCUT2D eigenvalue weighted by molar-refractivity contribution is 0.115. The van der Waals surface area contributed by atoms with Crippen LogP contribution in [0.4, 0.5) is 0 Å². The van der Waals surface area contributed by atoms with Gasteiger partial charge in [0, 0.05) is 0 Å². The van der Waals surface area contributed by atoms with Gasteiger partial charge in [0.2, 0.25) is 0 Å². The average molecular weight is 188 g/mol. The minimum Gasteiger partial charge on any atom is -0.483 e. The Bertz CT molecular complexity index is 367. The molecule has 14 heavy (non-hydrogen) atoms. The Balaban J connectivity index is 2.38. The van der Waals surface area contributed by atoms with Gasteiger partial charge in [-0.05, 0) is 50.0 Å². The molecule has 0 radical (unpaired) electrons. The second kappa shape index (κ2) is 3.16. The summed E-state index contributed by atoms with van der Waals surface area (Å²) >= 11 is 0. The van der Waals surface area contributed by atoms with Crippen LogP contribution in [-0.2, 0) is 6.42 Å². The zero-order chi connectivity index (χ0) is 10.2. The van der Waals surface area contributed by atoms with Crippen LogP contribution in [0, 0.1) is 6.92 Å². The molecule has 1 aliphatic heterocycles. The van der Waals surface area contributed by atoms with Gasteiger partial charge in [0.15, 0.2) is 0 Å². The van der Waals surface area contributed by atoms with Crippen LogP contribution in [0.25, 0.3) is 0 Å². The van der Waals surface area contributed by atoms with Crippen molar-refractivity contribution < 1.29 is 4.74 Å². The lowest BCUT2D eigenvalue weighted by atomic mass is 9.92. The maximum atomic E-state index is 5.93. The molecule has 1 heteroatoms. The van der Waals surface area contributed by atoms with Crippen LogP contribution in [0.5, 0.6) is 5.75 Å². The largest absolute Gasteiger partial charge is 0.483 e. The molecule has 0 N–H and O–H groups in total. The van der Waals surface area contributed by atoms with E-state index in [-0.39, 0.29) is 5.60 Å². The maximum Gasteiger partial charge on any atom is 0.124 e. The first-order chi connectivity index (χ1) is 6.63. The first-order valence-electron chi connectivity index (χ1n) is 5.05. The third-order valence-electron chi connectivity index (χ3n) is 2.89. The highest BCUT2D eigenvalue weighted by molar-refractivity contribution is 5.40. The van der Waals surface area contributed by atoms with Crippen molar-refractivity contribution in [2.75, 3.05) is 0 Å². The molecule has 1 aromatic rings. The molecule has 0 amide bonds. The van der Waals surface area contributed by atoms with Gasteiger partial charge in [0.05, 0.1) is 0 Å². The Hall–Kier alpha value is -1.24. The molecule has 0 bridgehead atoms. The van der Waals surface area contributed by atoms with E-state index in [0.717, 1.165) is 18.6 Å². The fourth-order valence-electron chi connectivity index (χ4n) is 1.79. The van der Waals surface area contributed by atoms with E-state index in [2.05, 4.69) is 38.6 Å². The quantitative estimate of drug-likeness (QED) is 0.615. The zero-order valence-electron chi connectivity index (χ0n) is 8.84. The van der Waals surface area contributed by atoms with Crippen molar-refractivity contribution >= 4 is 0 Å². The molecular formula is C13H16O. The molecule has 1 nitrogen and oxygen atoms in total. The minimum absolute atomic E-state index is 0.180. The average Bonchev–Trinajstić information content (AvgIpc) is 2.17. The highest BCUT2D eigenvalue weighted by Crippen LogP contribution is 2.34. The van der Waals surface area contributed by atoms with Crippen molar-refractivity contribution in [2.45, 2.75) is 32.3 Å². The van der Waals surface area contributed by atoms with E-state index in [1.54, 1.807) is 0 Å². The third kappa shape index (κ3) is 1.54. The fraction of sp³-hybridized carbons (Fsp3) is 0.385. The second-order valence-corrected chi connectivity index (χ2v) is 4.23. The van der Waals surface area contributed by atoms with E-state index < -0.39 is 0 Å². The van der Waals surface area contributed by atoms with Crippen LogP contribution < -0.4 is 4.74 Å². The predicted molar refractivity (Wildman–Crippen MR) is 58.7 cm³/mol. The fourth-order valence-corrected chi connectivity index (χ4v) is 1.79. The topological polar surface area (TPSA) is 9.23 Å². The highest BCUT2D eigenvalue weighted by atomic mass is 16.5. The van der Waals surface area contributed by atoms with Gasteiger partial charge in [0.25, 0.3) is 0 Å². The van der Waals surface area contributed by atoms with E-state index in [4.69, 9.17) is 4.74 Å². The molecule has 1 heterocycles. The summed E-state index contributed by atoms with van der Waals surface area (Å²) < 4.78 is 5.93. The number of benzene rings is 1. The van der Waals surface area contributed by atoms with E-state index >= 15 is 0 Å². The molecule has 74 valence electrons. The Kier molecular flexibility index (Phi) is 2.10. The molecule has 0 unspecified atom stereocenters. The maximum absolute atomic E-state index is 5.93. The smallest absolute Gasteiger partial charge is 0.124 e. The molecule has 0 fully saturated rings. The standard InChI is InChI=1S/C13H16O/c1-4-13(3)8-7-11-6-5-10(2)9-12(11)14-13/h4-6,9H,1,7-8H2,2-3H3/t13-/m1/s1. The zero-order valence-corrected chi connectivity index (χ0v) is 8.84. The summed E-state index contributed by atoms with van der Waals surface area (Å²) in [7, 11) is 0. The number of ether oxygens (including phenoxy) is 1. The van der Waals surface area contributed by atoms with Gasteiger partial charge >= 0.3 is 0 Å². The summed E-state index contributed by atoms with van der Waals surface area (Å²) in [6.45, 7) is 8.00. The van der Waals surface area contributed by atoms with E-state index in [1.165, 1.54) is 11.1 Å². The lowest BCUT2D eigenvalue weighted by Gasteiger charge is -2.33. The van der Waals surface area contributed by atoms with Gasteiger partial charge in [-0.3, -0.25) is 0 Å². The predicted octanol–water partition coefficient (Wildman–Crippen LogP) is 3.26. The number of hydrogen-bond acceptors (Lipinski definition) is 1. The first-order valence-corrected chi connectivity index (χ1v) is 5.05. The van der Waals surface area contributed by atoms with E-state index in [0.29, 0.717) is 0 Å². The summed E-state index contributed by atoms with van der Waals surface area (Å²) in [6.07, 6.45) is 4.00. The molecule has 0 saturated heterocycles. The van der Waals surface area contributed by atoms with Crippen LogP contribution >= 0.6 is 0 Å². The Labute approximate surface area is 85.4 Å². The Morgan fingerprint density at radius 1 is 1.50 bits per heavy atom. The summed E-state index contributed by atoms with van der Waals surface area (Å²) in [6, 6.07) is 6.41. The molecular weight excluding hydrogens is 172 g/mol. The summed E-state index contributed by atoms with van der Waals surface area (Å²) in [5, 5.41) is 0. The van der Waals surface area contributed by atoms with Crippen molar-refractivity contribution in [2.24, 2.45) is 0 Å². The second-order valence-electron chi connectivity index (χ2n) is 4.23. The first kappa shape index (κ1) is 9.32. The van der Waals surface area contributed by atoms with Crippen LogP contribution in [0.1, 0.15) is 24.5 Å². The molecule has 1 aliphatic rings. The number of hydrogen-bond donors (Lipinski definition) is 0. The lowest BCUT2D eigenvalue weighted by Crippen LogP contribution is -2.33. The van der Waals surface area contributed by atoms with Gasteiger partial charge in [0.1, 0.15) is 11.4 Å². The molecule has 0 saturated carbocycles. The summed E-state index contributed by atoms with van der Waals surface area (Å²) in [4.78, 5) is 0. The van der Waals surface area contributed by atoms with Crippen molar-refractivity contribution in [3.8, 4) is 5.75 Å². The van der Waals surface area contributed by atoms with Crippen LogP contribution in [-0.4, -0.2) is 5.60 Å². The third-order valence-corrected chi connectivity index (χ3v) is 2.89. The SMILES string of the molecule is C=C[C@]1(C)CCc2ccc(C)cc2O1. The van der Waals surface area contributed by atoms with Gasteiger partial charge < -0.3 is 4.74 Å². The molecule has 2 rings (SSSR count). The van der Waals surface area contributed by atoms with Crippen molar-refractivity contribution in [1.82, 2.24) is 0 Å². The van der Waals surface area contributed by atoms with E-state index in [1.807, 2.05) is 6.08 Å². The van der Waals surface area contributed by atoms with E-state index in [9.17, 15) is 0 Å². The highest BCUT2D eigenvalue weighted by Gasteiger charge is 2.27. The molecule has 0 aliphatic carbocycles. The monoisotopic (exact) mass is 188 g/mol. The molecule has 1 atom stereocenters. The summed E-state index contributed by atoms with van der Waals surface area (Å²) in [5.41, 5.74) is 2.38. The Morgan fingerprint density at radius 2 is 2.29 bits per heavy atom.